The fourth-order valence-corrected chi connectivity index (χ4v) is 2.81. The molecular formula is C11H24O4S. The van der Waals surface area contributed by atoms with E-state index >= 15 is 0 Å². The topological polar surface area (TPSA) is 74.6 Å². The van der Waals surface area contributed by atoms with Crippen LogP contribution in [0.4, 0.5) is 0 Å². The van der Waals surface area contributed by atoms with Crippen molar-refractivity contribution in [3.63, 3.8) is 0 Å². The Balaban J connectivity index is 4.05. The third-order valence-electron chi connectivity index (χ3n) is 2.82. The van der Waals surface area contributed by atoms with Gasteiger partial charge in [0, 0.05) is 0 Å². The number of aliphatic hydroxyl groups excluding tert-OH is 1. The zero-order chi connectivity index (χ0) is 12.6. The summed E-state index contributed by atoms with van der Waals surface area (Å²) in [7, 11) is -4.12. The zero-order valence-electron chi connectivity index (χ0n) is 10.2. The highest BCUT2D eigenvalue weighted by Gasteiger charge is 2.28. The van der Waals surface area contributed by atoms with E-state index in [4.69, 9.17) is 4.55 Å². The molecule has 0 spiro atoms. The van der Waals surface area contributed by atoms with Crippen molar-refractivity contribution in [2.45, 2.75) is 70.1 Å². The van der Waals surface area contributed by atoms with Gasteiger partial charge >= 0.3 is 0 Å². The quantitative estimate of drug-likeness (QED) is 0.488. The van der Waals surface area contributed by atoms with E-state index in [-0.39, 0.29) is 0 Å². The van der Waals surface area contributed by atoms with Crippen molar-refractivity contribution < 1.29 is 18.1 Å². The molecule has 0 radical (unpaired) electrons. The molecule has 98 valence electrons. The van der Waals surface area contributed by atoms with Gasteiger partial charge < -0.3 is 5.11 Å². The van der Waals surface area contributed by atoms with Gasteiger partial charge in [0.2, 0.25) is 0 Å². The molecule has 0 aliphatic carbocycles. The minimum Gasteiger partial charge on any atom is -0.392 e. The summed E-state index contributed by atoms with van der Waals surface area (Å²) in [6.07, 6.45) is 4.79. The Hall–Kier alpha value is -0.130. The van der Waals surface area contributed by atoms with Crippen molar-refractivity contribution in [2.75, 3.05) is 0 Å². The van der Waals surface area contributed by atoms with Crippen molar-refractivity contribution in [3.8, 4) is 0 Å². The molecule has 0 aromatic carbocycles. The van der Waals surface area contributed by atoms with Gasteiger partial charge in [0.05, 0.1) is 6.10 Å². The molecule has 0 fully saturated rings. The summed E-state index contributed by atoms with van der Waals surface area (Å²) in [5.41, 5.74) is 0. The maximum atomic E-state index is 11.0. The van der Waals surface area contributed by atoms with E-state index in [1.807, 2.05) is 0 Å². The molecule has 5 heteroatoms. The zero-order valence-corrected chi connectivity index (χ0v) is 11.0. The van der Waals surface area contributed by atoms with E-state index in [0.29, 0.717) is 12.8 Å². The minimum atomic E-state index is -4.12. The monoisotopic (exact) mass is 252 g/mol. The number of hydrogen-bond donors (Lipinski definition) is 2. The average Bonchev–Trinajstić information content (AvgIpc) is 2.20. The molecule has 0 saturated carbocycles. The van der Waals surface area contributed by atoms with Crippen LogP contribution in [0.1, 0.15) is 58.8 Å². The van der Waals surface area contributed by atoms with Gasteiger partial charge in [-0.25, -0.2) is 0 Å². The van der Waals surface area contributed by atoms with Crippen LogP contribution in [0, 0.1) is 0 Å². The Kier molecular flexibility index (Phi) is 7.97. The second-order valence-electron chi connectivity index (χ2n) is 4.23. The molecule has 2 atom stereocenters. The Bertz CT molecular complexity index is 261. The molecule has 0 aromatic rings. The van der Waals surface area contributed by atoms with Gasteiger partial charge in [-0.2, -0.15) is 8.42 Å². The molecule has 2 unspecified atom stereocenters. The fourth-order valence-electron chi connectivity index (χ4n) is 1.75. The molecule has 2 N–H and O–H groups in total. The molecule has 0 saturated heterocycles. The highest BCUT2D eigenvalue weighted by Crippen LogP contribution is 2.17. The summed E-state index contributed by atoms with van der Waals surface area (Å²) in [6, 6.07) is 0. The number of unbranched alkanes of at least 4 members (excludes halogenated alkanes) is 4. The summed E-state index contributed by atoms with van der Waals surface area (Å²) >= 11 is 0. The maximum Gasteiger partial charge on any atom is 0.270 e. The van der Waals surface area contributed by atoms with E-state index in [9.17, 15) is 13.5 Å². The first-order chi connectivity index (χ1) is 7.43. The fraction of sp³-hybridized carbons (Fsp3) is 1.00. The van der Waals surface area contributed by atoms with Crippen LogP contribution in [0.5, 0.6) is 0 Å². The van der Waals surface area contributed by atoms with E-state index < -0.39 is 21.5 Å². The maximum absolute atomic E-state index is 11.0. The molecule has 0 aromatic heterocycles. The van der Waals surface area contributed by atoms with Crippen LogP contribution in [0.2, 0.25) is 0 Å². The van der Waals surface area contributed by atoms with Crippen molar-refractivity contribution >= 4 is 10.1 Å². The summed E-state index contributed by atoms with van der Waals surface area (Å²) in [4.78, 5) is 0. The van der Waals surface area contributed by atoms with Crippen molar-refractivity contribution in [1.29, 1.82) is 0 Å². The molecule has 0 amide bonds. The van der Waals surface area contributed by atoms with E-state index in [1.165, 1.54) is 0 Å². The summed E-state index contributed by atoms with van der Waals surface area (Å²) in [6.45, 7) is 3.82. The van der Waals surface area contributed by atoms with Crippen molar-refractivity contribution in [3.05, 3.63) is 0 Å². The lowest BCUT2D eigenvalue weighted by Crippen LogP contribution is -2.33. The second-order valence-corrected chi connectivity index (χ2v) is 5.87. The molecule has 0 heterocycles. The standard InChI is InChI=1S/C11H24O4S/c1-3-5-6-7-8-9-11(10(12)4-2)16(13,14)15/h10-12H,3-9H2,1-2H3,(H,13,14,15). The SMILES string of the molecule is CCCCCCCC(C(O)CC)S(=O)(=O)O. The van der Waals surface area contributed by atoms with Crippen molar-refractivity contribution in [2.24, 2.45) is 0 Å². The third kappa shape index (κ3) is 6.45. The van der Waals surface area contributed by atoms with Crippen LogP contribution in [0.25, 0.3) is 0 Å². The largest absolute Gasteiger partial charge is 0.392 e. The van der Waals surface area contributed by atoms with Gasteiger partial charge in [-0.15, -0.1) is 0 Å². The first-order valence-corrected chi connectivity index (χ1v) is 7.58. The highest BCUT2D eigenvalue weighted by atomic mass is 32.2. The summed E-state index contributed by atoms with van der Waals surface area (Å²) < 4.78 is 31.1. The Morgan fingerprint density at radius 1 is 1.06 bits per heavy atom. The molecule has 4 nitrogen and oxygen atoms in total. The Morgan fingerprint density at radius 3 is 2.06 bits per heavy atom. The van der Waals surface area contributed by atoms with Gasteiger partial charge in [0.1, 0.15) is 5.25 Å². The predicted octanol–water partition coefficient (Wildman–Crippen LogP) is 2.37. The molecule has 0 aliphatic rings. The number of hydrogen-bond acceptors (Lipinski definition) is 3. The second kappa shape index (κ2) is 8.03. The van der Waals surface area contributed by atoms with Gasteiger partial charge in [-0.1, -0.05) is 46.0 Å². The first kappa shape index (κ1) is 15.9. The molecular weight excluding hydrogens is 228 g/mol. The Labute approximate surface area is 98.8 Å². The van der Waals surface area contributed by atoms with Crippen LogP contribution in [0.15, 0.2) is 0 Å². The van der Waals surface area contributed by atoms with Gasteiger partial charge in [-0.3, -0.25) is 4.55 Å². The van der Waals surface area contributed by atoms with E-state index in [2.05, 4.69) is 6.92 Å². The van der Waals surface area contributed by atoms with Gasteiger partial charge in [-0.05, 0) is 12.8 Å². The third-order valence-corrected chi connectivity index (χ3v) is 4.14. The van der Waals surface area contributed by atoms with E-state index in [1.54, 1.807) is 6.92 Å². The normalized spacial score (nSPS) is 16.0. The molecule has 16 heavy (non-hydrogen) atoms. The van der Waals surface area contributed by atoms with Crippen LogP contribution in [-0.2, 0) is 10.1 Å². The number of aliphatic hydroxyl groups is 1. The average molecular weight is 252 g/mol. The van der Waals surface area contributed by atoms with Crippen LogP contribution >= 0.6 is 0 Å². The highest BCUT2D eigenvalue weighted by molar-refractivity contribution is 7.86. The van der Waals surface area contributed by atoms with Gasteiger partial charge in [0.15, 0.2) is 0 Å². The lowest BCUT2D eigenvalue weighted by atomic mass is 10.1. The predicted molar refractivity (Wildman–Crippen MR) is 65.0 cm³/mol. The minimum absolute atomic E-state index is 0.345. The molecule has 0 aliphatic heterocycles. The van der Waals surface area contributed by atoms with Crippen molar-refractivity contribution in [1.82, 2.24) is 0 Å². The lowest BCUT2D eigenvalue weighted by Gasteiger charge is -2.18. The summed E-state index contributed by atoms with van der Waals surface area (Å²) in [5, 5.41) is 8.50. The smallest absolute Gasteiger partial charge is 0.270 e. The summed E-state index contributed by atoms with van der Waals surface area (Å²) in [5.74, 6) is 0. The van der Waals surface area contributed by atoms with E-state index in [0.717, 1.165) is 32.1 Å². The Morgan fingerprint density at radius 2 is 1.62 bits per heavy atom. The first-order valence-electron chi connectivity index (χ1n) is 6.07. The van der Waals surface area contributed by atoms with Crippen LogP contribution in [0.3, 0.4) is 0 Å². The lowest BCUT2D eigenvalue weighted by molar-refractivity contribution is 0.155. The molecule has 0 bridgehead atoms. The molecule has 0 rings (SSSR count). The number of rotatable bonds is 9. The van der Waals surface area contributed by atoms with Crippen LogP contribution < -0.4 is 0 Å². The van der Waals surface area contributed by atoms with Crippen LogP contribution in [-0.4, -0.2) is 29.4 Å². The van der Waals surface area contributed by atoms with Gasteiger partial charge in [0.25, 0.3) is 10.1 Å².